The summed E-state index contributed by atoms with van der Waals surface area (Å²) in [6.07, 6.45) is 2.65. The van der Waals surface area contributed by atoms with Crippen molar-refractivity contribution in [3.8, 4) is 0 Å². The molecule has 9 heteroatoms. The van der Waals surface area contributed by atoms with Crippen LogP contribution in [-0.4, -0.2) is 19.9 Å². The minimum absolute atomic E-state index is 0.173. The lowest BCUT2D eigenvalue weighted by Crippen LogP contribution is -2.11. The fraction of sp³-hybridized carbons (Fsp3) is 0.300. The van der Waals surface area contributed by atoms with Gasteiger partial charge in [-0.25, -0.2) is 9.97 Å². The van der Waals surface area contributed by atoms with E-state index in [9.17, 15) is 10.1 Å². The summed E-state index contributed by atoms with van der Waals surface area (Å²) in [4.78, 5) is 21.6. The number of nitrogens with one attached hydrogen (secondary N) is 1. The van der Waals surface area contributed by atoms with Crippen LogP contribution in [0.1, 0.15) is 24.6 Å². The van der Waals surface area contributed by atoms with Crippen LogP contribution in [0.3, 0.4) is 0 Å². The minimum Gasteiger partial charge on any atom is -0.444 e. The van der Waals surface area contributed by atoms with Gasteiger partial charge in [0.2, 0.25) is 17.7 Å². The summed E-state index contributed by atoms with van der Waals surface area (Å²) in [5, 5.41) is 13.5. The highest BCUT2D eigenvalue weighted by Crippen LogP contribution is 2.21. The smallest absolute Gasteiger partial charge is 0.329 e. The summed E-state index contributed by atoms with van der Waals surface area (Å²) >= 11 is 0. The highest BCUT2D eigenvalue weighted by Gasteiger charge is 2.17. The molecule has 0 aromatic carbocycles. The minimum atomic E-state index is -0.639. The molecule has 0 fully saturated rings. The zero-order valence-electron chi connectivity index (χ0n) is 10.3. The van der Waals surface area contributed by atoms with Gasteiger partial charge in [-0.3, -0.25) is 10.1 Å². The van der Waals surface area contributed by atoms with Gasteiger partial charge in [0.15, 0.2) is 0 Å². The molecular formula is C10H12N6O3. The number of anilines is 2. The van der Waals surface area contributed by atoms with Crippen molar-refractivity contribution in [3.63, 3.8) is 0 Å². The fourth-order valence-corrected chi connectivity index (χ4v) is 1.43. The Kier molecular flexibility index (Phi) is 3.27. The van der Waals surface area contributed by atoms with Gasteiger partial charge in [-0.1, -0.05) is 0 Å². The van der Waals surface area contributed by atoms with E-state index in [0.29, 0.717) is 11.7 Å². The first-order chi connectivity index (χ1) is 8.97. The van der Waals surface area contributed by atoms with Crippen LogP contribution in [0.4, 0.5) is 17.5 Å². The third-order valence-electron chi connectivity index (χ3n) is 2.35. The number of hydrogen-bond donors (Lipinski definition) is 2. The van der Waals surface area contributed by atoms with Gasteiger partial charge in [0.1, 0.15) is 18.0 Å². The number of nitro groups is 1. The molecule has 0 amide bonds. The topological polar surface area (TPSA) is 133 Å². The van der Waals surface area contributed by atoms with Gasteiger partial charge in [-0.15, -0.1) is 0 Å². The molecule has 2 rings (SSSR count). The maximum absolute atomic E-state index is 10.6. The Balaban J connectivity index is 2.15. The average molecular weight is 264 g/mol. The zero-order valence-corrected chi connectivity index (χ0v) is 10.3. The predicted molar refractivity (Wildman–Crippen MR) is 66.4 cm³/mol. The van der Waals surface area contributed by atoms with Crippen molar-refractivity contribution < 1.29 is 9.34 Å². The summed E-state index contributed by atoms with van der Waals surface area (Å²) in [5.74, 6) is 1.13. The monoisotopic (exact) mass is 264 g/mol. The SMILES string of the molecule is Cc1cnc([C@@H](C)Nc2ncc([N+](=O)[O-])c(N)n2)o1. The lowest BCUT2D eigenvalue weighted by molar-refractivity contribution is -0.384. The van der Waals surface area contributed by atoms with Crippen LogP contribution in [0, 0.1) is 17.0 Å². The predicted octanol–water partition coefficient (Wildman–Crippen LogP) is 1.44. The Hall–Kier alpha value is -2.71. The summed E-state index contributed by atoms with van der Waals surface area (Å²) in [7, 11) is 0. The van der Waals surface area contributed by atoms with E-state index in [1.807, 2.05) is 0 Å². The number of hydrogen-bond acceptors (Lipinski definition) is 8. The second-order valence-corrected chi connectivity index (χ2v) is 3.90. The molecule has 0 radical (unpaired) electrons. The average Bonchev–Trinajstić information content (AvgIpc) is 2.75. The van der Waals surface area contributed by atoms with Crippen LogP contribution < -0.4 is 11.1 Å². The van der Waals surface area contributed by atoms with Crippen molar-refractivity contribution in [2.24, 2.45) is 0 Å². The van der Waals surface area contributed by atoms with E-state index in [4.69, 9.17) is 10.2 Å². The zero-order chi connectivity index (χ0) is 14.0. The molecule has 0 bridgehead atoms. The van der Waals surface area contributed by atoms with Gasteiger partial charge < -0.3 is 15.5 Å². The number of rotatable bonds is 4. The maximum Gasteiger partial charge on any atom is 0.329 e. The van der Waals surface area contributed by atoms with E-state index < -0.39 is 4.92 Å². The molecule has 0 aliphatic heterocycles. The number of oxazole rings is 1. The Labute approximate surface area is 108 Å². The van der Waals surface area contributed by atoms with E-state index in [-0.39, 0.29) is 23.5 Å². The maximum atomic E-state index is 10.6. The number of nitrogen functional groups attached to an aromatic ring is 1. The summed E-state index contributed by atoms with van der Waals surface area (Å²) in [6.45, 7) is 3.58. The summed E-state index contributed by atoms with van der Waals surface area (Å²) in [6, 6.07) is -0.283. The van der Waals surface area contributed by atoms with E-state index in [1.54, 1.807) is 20.0 Å². The van der Waals surface area contributed by atoms with E-state index in [0.717, 1.165) is 6.20 Å². The number of nitrogens with two attached hydrogens (primary N) is 1. The van der Waals surface area contributed by atoms with Gasteiger partial charge in [-0.2, -0.15) is 4.98 Å². The van der Waals surface area contributed by atoms with Crippen molar-refractivity contribution in [1.82, 2.24) is 15.0 Å². The van der Waals surface area contributed by atoms with Crippen LogP contribution in [0.15, 0.2) is 16.8 Å². The van der Waals surface area contributed by atoms with Crippen molar-refractivity contribution in [1.29, 1.82) is 0 Å². The molecule has 0 spiro atoms. The molecule has 19 heavy (non-hydrogen) atoms. The van der Waals surface area contributed by atoms with Crippen LogP contribution in [-0.2, 0) is 0 Å². The molecule has 100 valence electrons. The van der Waals surface area contributed by atoms with Gasteiger partial charge in [-0.05, 0) is 13.8 Å². The molecule has 0 saturated carbocycles. The number of aryl methyl sites for hydroxylation is 1. The second-order valence-electron chi connectivity index (χ2n) is 3.90. The first-order valence-electron chi connectivity index (χ1n) is 5.43. The standard InChI is InChI=1S/C10H12N6O3/c1-5-3-12-9(19-5)6(2)14-10-13-4-7(16(17)18)8(11)15-10/h3-4,6H,1-2H3,(H3,11,13,14,15)/t6-/m1/s1. The van der Waals surface area contributed by atoms with E-state index in [1.165, 1.54) is 0 Å². The van der Waals surface area contributed by atoms with Crippen molar-refractivity contribution in [3.05, 3.63) is 34.2 Å². The normalized spacial score (nSPS) is 12.1. The summed E-state index contributed by atoms with van der Waals surface area (Å²) < 4.78 is 5.34. The lowest BCUT2D eigenvalue weighted by atomic mass is 10.3. The fourth-order valence-electron chi connectivity index (χ4n) is 1.43. The molecule has 0 saturated heterocycles. The van der Waals surface area contributed by atoms with Gasteiger partial charge in [0.05, 0.1) is 11.1 Å². The highest BCUT2D eigenvalue weighted by molar-refractivity contribution is 5.53. The van der Waals surface area contributed by atoms with Crippen LogP contribution in [0.5, 0.6) is 0 Å². The van der Waals surface area contributed by atoms with Gasteiger partial charge in [0.25, 0.3) is 0 Å². The Morgan fingerprint density at radius 2 is 2.21 bits per heavy atom. The molecule has 1 atom stereocenters. The second kappa shape index (κ2) is 4.88. The third-order valence-corrected chi connectivity index (χ3v) is 2.35. The van der Waals surface area contributed by atoms with Crippen molar-refractivity contribution in [2.75, 3.05) is 11.1 Å². The molecule has 3 N–H and O–H groups in total. The highest BCUT2D eigenvalue weighted by atomic mass is 16.6. The lowest BCUT2D eigenvalue weighted by Gasteiger charge is -2.10. The Bertz CT molecular complexity index is 611. The number of nitrogens with zero attached hydrogens (tertiary/aromatic N) is 4. The Morgan fingerprint density at radius 3 is 2.74 bits per heavy atom. The largest absolute Gasteiger partial charge is 0.444 e. The van der Waals surface area contributed by atoms with Gasteiger partial charge >= 0.3 is 5.69 Å². The number of aromatic nitrogens is 3. The molecule has 2 heterocycles. The molecule has 2 aromatic heterocycles. The first-order valence-corrected chi connectivity index (χ1v) is 5.43. The quantitative estimate of drug-likeness (QED) is 0.625. The van der Waals surface area contributed by atoms with Crippen LogP contribution >= 0.6 is 0 Å². The van der Waals surface area contributed by atoms with Crippen LogP contribution in [0.2, 0.25) is 0 Å². The van der Waals surface area contributed by atoms with Gasteiger partial charge in [0, 0.05) is 0 Å². The van der Waals surface area contributed by atoms with E-state index in [2.05, 4.69) is 20.3 Å². The summed E-state index contributed by atoms with van der Waals surface area (Å²) in [5.41, 5.74) is 5.14. The molecule has 0 unspecified atom stereocenters. The van der Waals surface area contributed by atoms with Crippen LogP contribution in [0.25, 0.3) is 0 Å². The molecule has 9 nitrogen and oxygen atoms in total. The Morgan fingerprint density at radius 1 is 1.47 bits per heavy atom. The molecule has 0 aliphatic carbocycles. The van der Waals surface area contributed by atoms with Crippen molar-refractivity contribution >= 4 is 17.5 Å². The molecular weight excluding hydrogens is 252 g/mol. The van der Waals surface area contributed by atoms with Crippen molar-refractivity contribution in [2.45, 2.75) is 19.9 Å². The molecule has 0 aliphatic rings. The third kappa shape index (κ3) is 2.76. The first kappa shape index (κ1) is 12.7. The van der Waals surface area contributed by atoms with E-state index >= 15 is 0 Å². The molecule has 2 aromatic rings.